The largest absolute Gasteiger partial charge is 0.341 e. The summed E-state index contributed by atoms with van der Waals surface area (Å²) in [5.41, 5.74) is 1.12. The third-order valence-corrected chi connectivity index (χ3v) is 4.82. The Morgan fingerprint density at radius 3 is 2.78 bits per heavy atom. The normalized spacial score (nSPS) is 15.7. The first-order chi connectivity index (χ1) is 11.1. The molecule has 122 valence electrons. The lowest BCUT2D eigenvalue weighted by molar-refractivity contribution is -0.133. The molecule has 0 radical (unpaired) electrons. The summed E-state index contributed by atoms with van der Waals surface area (Å²) in [5.74, 6) is -0.362. The lowest BCUT2D eigenvalue weighted by Crippen LogP contribution is -2.40. The molecule has 0 saturated heterocycles. The molecule has 1 fully saturated rings. The second-order valence-corrected chi connectivity index (χ2v) is 6.29. The zero-order valence-corrected chi connectivity index (χ0v) is 13.3. The van der Waals surface area contributed by atoms with Gasteiger partial charge in [0.1, 0.15) is 12.4 Å². The molecule has 0 atom stereocenters. The summed E-state index contributed by atoms with van der Waals surface area (Å²) in [7, 11) is 1.85. The van der Waals surface area contributed by atoms with Gasteiger partial charge in [-0.1, -0.05) is 19.3 Å². The topological polar surface area (TPSA) is 42.3 Å². The van der Waals surface area contributed by atoms with Crippen molar-refractivity contribution in [3.63, 3.8) is 0 Å². The summed E-state index contributed by atoms with van der Waals surface area (Å²) in [6, 6.07) is 4.61. The van der Waals surface area contributed by atoms with Gasteiger partial charge >= 0.3 is 0 Å². The summed E-state index contributed by atoms with van der Waals surface area (Å²) in [5, 5.41) is 0.549. The Morgan fingerprint density at radius 2 is 2.09 bits per heavy atom. The summed E-state index contributed by atoms with van der Waals surface area (Å²) in [4.78, 5) is 25.6. The molecular formula is C18H21FN2O2. The molecule has 2 aromatic rings. The van der Waals surface area contributed by atoms with Crippen LogP contribution >= 0.6 is 0 Å². The van der Waals surface area contributed by atoms with Crippen molar-refractivity contribution in [2.24, 2.45) is 0 Å². The summed E-state index contributed by atoms with van der Waals surface area (Å²) in [6.07, 6.45) is 8.03. The number of halogens is 1. The highest BCUT2D eigenvalue weighted by Crippen LogP contribution is 2.24. The maximum absolute atomic E-state index is 13.4. The predicted octanol–water partition coefficient (Wildman–Crippen LogP) is 3.38. The van der Waals surface area contributed by atoms with Crippen LogP contribution in [0.15, 0.2) is 24.4 Å². The molecule has 0 bridgehead atoms. The monoisotopic (exact) mass is 316 g/mol. The van der Waals surface area contributed by atoms with Crippen LogP contribution in [0.1, 0.15) is 42.5 Å². The van der Waals surface area contributed by atoms with Gasteiger partial charge in [0.25, 0.3) is 0 Å². The highest BCUT2D eigenvalue weighted by molar-refractivity contribution is 5.98. The number of hydrogen-bond acceptors (Lipinski definition) is 2. The van der Waals surface area contributed by atoms with Crippen LogP contribution in [0.25, 0.3) is 10.9 Å². The molecular weight excluding hydrogens is 295 g/mol. The first-order valence-corrected chi connectivity index (χ1v) is 8.09. The Kier molecular flexibility index (Phi) is 4.46. The minimum atomic E-state index is -0.385. The van der Waals surface area contributed by atoms with Crippen molar-refractivity contribution in [1.82, 2.24) is 9.47 Å². The van der Waals surface area contributed by atoms with Gasteiger partial charge in [-0.05, 0) is 31.0 Å². The van der Waals surface area contributed by atoms with Crippen LogP contribution in [0, 0.1) is 5.82 Å². The summed E-state index contributed by atoms with van der Waals surface area (Å²) in [6.45, 7) is 0.170. The van der Waals surface area contributed by atoms with Crippen molar-refractivity contribution in [2.45, 2.75) is 44.7 Å². The van der Waals surface area contributed by atoms with Crippen molar-refractivity contribution >= 4 is 23.1 Å². The number of aromatic nitrogens is 1. The second-order valence-electron chi connectivity index (χ2n) is 6.29. The molecule has 5 heteroatoms. The smallest absolute Gasteiger partial charge is 0.242 e. The molecule has 23 heavy (non-hydrogen) atoms. The van der Waals surface area contributed by atoms with Crippen LogP contribution < -0.4 is 0 Å². The van der Waals surface area contributed by atoms with E-state index in [2.05, 4.69) is 0 Å². The highest BCUT2D eigenvalue weighted by Gasteiger charge is 2.22. The van der Waals surface area contributed by atoms with Crippen molar-refractivity contribution < 1.29 is 14.0 Å². The Balaban J connectivity index is 1.83. The molecule has 0 spiro atoms. The van der Waals surface area contributed by atoms with E-state index in [1.807, 2.05) is 11.9 Å². The van der Waals surface area contributed by atoms with Crippen LogP contribution in [0.2, 0.25) is 0 Å². The van der Waals surface area contributed by atoms with Gasteiger partial charge in [0.05, 0.1) is 0 Å². The molecule has 1 aliphatic rings. The molecule has 1 aliphatic carbocycles. The standard InChI is InChI=1S/C18H21FN2O2/c1-20(15-5-3-2-4-6-15)18(23)11-21-10-13(12-22)16-9-14(19)7-8-17(16)21/h7-10,12,15H,2-6,11H2,1H3. The second kappa shape index (κ2) is 6.52. The van der Waals surface area contributed by atoms with E-state index in [0.29, 0.717) is 28.8 Å². The summed E-state index contributed by atoms with van der Waals surface area (Å²) >= 11 is 0. The zero-order chi connectivity index (χ0) is 16.4. The molecule has 1 aromatic carbocycles. The zero-order valence-electron chi connectivity index (χ0n) is 13.3. The molecule has 1 amide bonds. The Morgan fingerprint density at radius 1 is 1.35 bits per heavy atom. The number of benzene rings is 1. The summed E-state index contributed by atoms with van der Waals surface area (Å²) < 4.78 is 15.1. The number of amides is 1. The molecule has 0 N–H and O–H groups in total. The minimum Gasteiger partial charge on any atom is -0.341 e. The average Bonchev–Trinajstić information content (AvgIpc) is 2.91. The van der Waals surface area contributed by atoms with E-state index in [0.717, 1.165) is 12.8 Å². The first kappa shape index (κ1) is 15.7. The van der Waals surface area contributed by atoms with Crippen molar-refractivity contribution in [2.75, 3.05) is 7.05 Å². The van der Waals surface area contributed by atoms with Gasteiger partial charge in [0, 0.05) is 35.8 Å². The molecule has 4 nitrogen and oxygen atoms in total. The Bertz CT molecular complexity index is 732. The quantitative estimate of drug-likeness (QED) is 0.812. The SMILES string of the molecule is CN(C(=O)Cn1cc(C=O)c2cc(F)ccc21)C1CCCCC1. The maximum atomic E-state index is 13.4. The number of carbonyl (C=O) groups excluding carboxylic acids is 2. The van der Waals surface area contributed by atoms with Gasteiger partial charge in [0.15, 0.2) is 6.29 Å². The lowest BCUT2D eigenvalue weighted by Gasteiger charge is -2.31. The first-order valence-electron chi connectivity index (χ1n) is 8.09. The van der Waals surface area contributed by atoms with Gasteiger partial charge < -0.3 is 9.47 Å². The number of fused-ring (bicyclic) bond motifs is 1. The molecule has 1 saturated carbocycles. The average molecular weight is 316 g/mol. The third kappa shape index (κ3) is 3.14. The van der Waals surface area contributed by atoms with Gasteiger partial charge in [0.2, 0.25) is 5.91 Å². The van der Waals surface area contributed by atoms with E-state index in [9.17, 15) is 14.0 Å². The molecule has 3 rings (SSSR count). The highest BCUT2D eigenvalue weighted by atomic mass is 19.1. The Labute approximate surface area is 134 Å². The van der Waals surface area contributed by atoms with Crippen molar-refractivity contribution in [3.8, 4) is 0 Å². The van der Waals surface area contributed by atoms with E-state index in [-0.39, 0.29) is 18.3 Å². The lowest BCUT2D eigenvalue weighted by atomic mass is 9.94. The van der Waals surface area contributed by atoms with Gasteiger partial charge in [-0.2, -0.15) is 0 Å². The van der Waals surface area contributed by atoms with E-state index >= 15 is 0 Å². The predicted molar refractivity (Wildman–Crippen MR) is 86.9 cm³/mol. The van der Waals surface area contributed by atoms with E-state index in [1.54, 1.807) is 16.8 Å². The third-order valence-electron chi connectivity index (χ3n) is 4.82. The Hall–Kier alpha value is -2.17. The van der Waals surface area contributed by atoms with Gasteiger partial charge in [-0.3, -0.25) is 9.59 Å². The minimum absolute atomic E-state index is 0.0237. The van der Waals surface area contributed by atoms with Crippen LogP contribution in [-0.4, -0.2) is 34.7 Å². The number of rotatable bonds is 4. The van der Waals surface area contributed by atoms with Crippen molar-refractivity contribution in [1.29, 1.82) is 0 Å². The van der Waals surface area contributed by atoms with Crippen molar-refractivity contribution in [3.05, 3.63) is 35.8 Å². The molecule has 0 aliphatic heterocycles. The number of likely N-dealkylation sites (N-methyl/N-ethyl adjacent to an activating group) is 1. The fraction of sp³-hybridized carbons (Fsp3) is 0.444. The van der Waals surface area contributed by atoms with Gasteiger partial charge in [-0.15, -0.1) is 0 Å². The van der Waals surface area contributed by atoms with Gasteiger partial charge in [-0.25, -0.2) is 4.39 Å². The number of nitrogens with zero attached hydrogens (tertiary/aromatic N) is 2. The van der Waals surface area contributed by atoms with E-state index < -0.39 is 0 Å². The number of aldehydes is 1. The maximum Gasteiger partial charge on any atom is 0.242 e. The fourth-order valence-corrected chi connectivity index (χ4v) is 3.45. The van der Waals surface area contributed by atoms with Crippen LogP contribution in [-0.2, 0) is 11.3 Å². The molecule has 0 unspecified atom stereocenters. The molecule has 1 aromatic heterocycles. The fourth-order valence-electron chi connectivity index (χ4n) is 3.45. The molecule has 1 heterocycles. The van der Waals surface area contributed by atoms with E-state index in [4.69, 9.17) is 0 Å². The van der Waals surface area contributed by atoms with Crippen LogP contribution in [0.3, 0.4) is 0 Å². The number of carbonyl (C=O) groups is 2. The van der Waals surface area contributed by atoms with Crippen LogP contribution in [0.4, 0.5) is 4.39 Å². The van der Waals surface area contributed by atoms with E-state index in [1.165, 1.54) is 31.4 Å². The number of hydrogen-bond donors (Lipinski definition) is 0. The van der Waals surface area contributed by atoms with Crippen LogP contribution in [0.5, 0.6) is 0 Å².